The molecule has 27 heavy (non-hydrogen) atoms. The van der Waals surface area contributed by atoms with Crippen LogP contribution < -0.4 is 0 Å². The van der Waals surface area contributed by atoms with Crippen molar-refractivity contribution in [3.05, 3.63) is 64.1 Å². The quantitative estimate of drug-likeness (QED) is 0.678. The van der Waals surface area contributed by atoms with Crippen LogP contribution in [0.1, 0.15) is 18.4 Å². The highest BCUT2D eigenvalue weighted by atomic mass is 35.5. The van der Waals surface area contributed by atoms with Crippen molar-refractivity contribution in [1.82, 2.24) is 0 Å². The first-order valence-corrected chi connectivity index (χ1v) is 10.4. The van der Waals surface area contributed by atoms with Gasteiger partial charge >= 0.3 is 5.97 Å². The monoisotopic (exact) mass is 423 g/mol. The van der Waals surface area contributed by atoms with Crippen molar-refractivity contribution in [2.75, 3.05) is 6.61 Å². The predicted molar refractivity (Wildman–Crippen MR) is 101 cm³/mol. The lowest BCUT2D eigenvalue weighted by atomic mass is 10.0. The molecule has 0 heterocycles. The van der Waals surface area contributed by atoms with E-state index < -0.39 is 32.4 Å². The lowest BCUT2D eigenvalue weighted by Crippen LogP contribution is -2.25. The number of carbonyl (C=O) groups is 1. The number of nitrogens with zero attached hydrogens (tertiary/aromatic N) is 1. The van der Waals surface area contributed by atoms with E-state index in [1.165, 1.54) is 24.3 Å². The van der Waals surface area contributed by atoms with Gasteiger partial charge < -0.3 is 4.74 Å². The van der Waals surface area contributed by atoms with Gasteiger partial charge in [0, 0.05) is 16.0 Å². The highest BCUT2D eigenvalue weighted by Crippen LogP contribution is 2.64. The van der Waals surface area contributed by atoms with Crippen molar-refractivity contribution < 1.29 is 17.9 Å². The van der Waals surface area contributed by atoms with Gasteiger partial charge in [0.1, 0.15) is 5.25 Å². The van der Waals surface area contributed by atoms with Gasteiger partial charge in [0.2, 0.25) is 0 Å². The zero-order valence-corrected chi connectivity index (χ0v) is 16.6. The van der Waals surface area contributed by atoms with Gasteiger partial charge in [-0.1, -0.05) is 35.3 Å². The molecule has 0 amide bonds. The lowest BCUT2D eigenvalue weighted by molar-refractivity contribution is -0.147. The Balaban J connectivity index is 2.12. The lowest BCUT2D eigenvalue weighted by Gasteiger charge is -2.09. The summed E-state index contributed by atoms with van der Waals surface area (Å²) in [4.78, 5) is 12.6. The van der Waals surface area contributed by atoms with Gasteiger partial charge in [0.25, 0.3) is 0 Å². The Morgan fingerprint density at radius 3 is 2.11 bits per heavy atom. The molecule has 5 nitrogen and oxygen atoms in total. The first kappa shape index (κ1) is 19.7. The number of ether oxygens (including phenoxy) is 1. The van der Waals surface area contributed by atoms with Gasteiger partial charge in [0.05, 0.1) is 17.6 Å². The SMILES string of the molecule is CCOC(=O)[C@]1(C#N)[C@H](c2ccc(Cl)cc2)[C@@H]1S(=O)(=O)c1ccc(Cl)cc1. The summed E-state index contributed by atoms with van der Waals surface area (Å²) in [6.45, 7) is 1.65. The number of sulfone groups is 1. The van der Waals surface area contributed by atoms with Crippen molar-refractivity contribution in [3.63, 3.8) is 0 Å². The fourth-order valence-corrected chi connectivity index (χ4v) is 5.83. The van der Waals surface area contributed by atoms with E-state index in [2.05, 4.69) is 0 Å². The van der Waals surface area contributed by atoms with Gasteiger partial charge in [-0.15, -0.1) is 0 Å². The summed E-state index contributed by atoms with van der Waals surface area (Å²) >= 11 is 11.7. The van der Waals surface area contributed by atoms with E-state index in [4.69, 9.17) is 27.9 Å². The third-order valence-corrected chi connectivity index (χ3v) is 7.38. The van der Waals surface area contributed by atoms with Crippen LogP contribution in [-0.4, -0.2) is 26.2 Å². The Hall–Kier alpha value is -2.07. The van der Waals surface area contributed by atoms with Gasteiger partial charge in [-0.05, 0) is 48.9 Å². The first-order chi connectivity index (χ1) is 12.8. The Morgan fingerprint density at radius 2 is 1.63 bits per heavy atom. The summed E-state index contributed by atoms with van der Waals surface area (Å²) in [5.74, 6) is -1.69. The molecular formula is C19H15Cl2NO4S. The Bertz CT molecular complexity index is 1010. The minimum atomic E-state index is -3.99. The predicted octanol–water partition coefficient (Wildman–Crippen LogP) is 4.01. The fraction of sp³-hybridized carbons (Fsp3) is 0.263. The van der Waals surface area contributed by atoms with Crippen LogP contribution in [0.25, 0.3) is 0 Å². The minimum absolute atomic E-state index is 0.00251. The number of hydrogen-bond donors (Lipinski definition) is 0. The zero-order valence-electron chi connectivity index (χ0n) is 14.2. The number of carbonyl (C=O) groups excluding carboxylic acids is 1. The third-order valence-electron chi connectivity index (χ3n) is 4.64. The van der Waals surface area contributed by atoms with Gasteiger partial charge in [-0.2, -0.15) is 5.26 Å². The van der Waals surface area contributed by atoms with Crippen LogP contribution in [0.5, 0.6) is 0 Å². The average Bonchev–Trinajstić information content (AvgIpc) is 3.34. The fourth-order valence-electron chi connectivity index (χ4n) is 3.33. The maximum Gasteiger partial charge on any atom is 0.328 e. The van der Waals surface area contributed by atoms with Gasteiger partial charge in [-0.25, -0.2) is 8.42 Å². The van der Waals surface area contributed by atoms with E-state index in [9.17, 15) is 18.5 Å². The van der Waals surface area contributed by atoms with Crippen molar-refractivity contribution in [2.24, 2.45) is 5.41 Å². The molecule has 0 unspecified atom stereocenters. The third kappa shape index (κ3) is 3.20. The Kier molecular flexibility index (Phi) is 5.22. The van der Waals surface area contributed by atoms with Crippen LogP contribution in [0.2, 0.25) is 10.0 Å². The molecular weight excluding hydrogens is 409 g/mol. The molecule has 1 saturated carbocycles. The van der Waals surface area contributed by atoms with Crippen LogP contribution in [0.4, 0.5) is 0 Å². The average molecular weight is 424 g/mol. The second kappa shape index (κ2) is 7.16. The smallest absolute Gasteiger partial charge is 0.328 e. The molecule has 2 aromatic carbocycles. The maximum absolute atomic E-state index is 13.2. The Labute approximate surface area is 167 Å². The second-order valence-electron chi connectivity index (χ2n) is 6.15. The molecule has 0 spiro atoms. The number of hydrogen-bond acceptors (Lipinski definition) is 5. The topological polar surface area (TPSA) is 84.2 Å². The standard InChI is InChI=1S/C19H15Cl2NO4S/c1-2-26-18(23)19(11-22)16(12-3-5-13(20)6-4-12)17(19)27(24,25)15-9-7-14(21)8-10-15/h3-10,16-17H,2H2,1H3/t16-,17+,19-/m1/s1. The largest absolute Gasteiger partial charge is 0.465 e. The second-order valence-corrected chi connectivity index (χ2v) is 9.09. The van der Waals surface area contributed by atoms with Crippen LogP contribution in [-0.2, 0) is 19.4 Å². The highest BCUT2D eigenvalue weighted by molar-refractivity contribution is 7.92. The molecule has 0 aliphatic heterocycles. The van der Waals surface area contributed by atoms with Crippen LogP contribution in [0.3, 0.4) is 0 Å². The number of esters is 1. The number of halogens is 2. The van der Waals surface area contributed by atoms with Gasteiger partial charge in [0.15, 0.2) is 15.3 Å². The minimum Gasteiger partial charge on any atom is -0.465 e. The summed E-state index contributed by atoms with van der Waals surface area (Å²) < 4.78 is 31.5. The van der Waals surface area contributed by atoms with E-state index in [0.717, 1.165) is 0 Å². The molecule has 140 valence electrons. The molecule has 0 saturated heterocycles. The number of rotatable bonds is 5. The first-order valence-electron chi connectivity index (χ1n) is 8.12. The molecule has 0 radical (unpaired) electrons. The molecule has 3 rings (SSSR count). The summed E-state index contributed by atoms with van der Waals surface area (Å²) in [5, 5.41) is 9.40. The van der Waals surface area contributed by atoms with Crippen molar-refractivity contribution >= 4 is 39.0 Å². The molecule has 0 bridgehead atoms. The van der Waals surface area contributed by atoms with E-state index in [-0.39, 0.29) is 11.5 Å². The van der Waals surface area contributed by atoms with Crippen LogP contribution in [0.15, 0.2) is 53.4 Å². The van der Waals surface area contributed by atoms with E-state index in [1.807, 2.05) is 6.07 Å². The summed E-state index contributed by atoms with van der Waals surface area (Å²) in [6, 6.07) is 14.0. The van der Waals surface area contributed by atoms with E-state index in [0.29, 0.717) is 15.6 Å². The molecule has 1 aliphatic rings. The van der Waals surface area contributed by atoms with Gasteiger partial charge in [-0.3, -0.25) is 4.79 Å². The molecule has 8 heteroatoms. The van der Waals surface area contributed by atoms with Crippen LogP contribution >= 0.6 is 23.2 Å². The van der Waals surface area contributed by atoms with E-state index in [1.54, 1.807) is 31.2 Å². The summed E-state index contributed by atoms with van der Waals surface area (Å²) in [7, 11) is -3.99. The summed E-state index contributed by atoms with van der Waals surface area (Å²) in [6.07, 6.45) is 0. The highest BCUT2D eigenvalue weighted by Gasteiger charge is 2.77. The molecule has 1 aliphatic carbocycles. The van der Waals surface area contributed by atoms with Crippen molar-refractivity contribution in [3.8, 4) is 6.07 Å². The molecule has 3 atom stereocenters. The molecule has 0 aromatic heterocycles. The number of nitriles is 1. The number of benzene rings is 2. The maximum atomic E-state index is 13.2. The van der Waals surface area contributed by atoms with E-state index >= 15 is 0 Å². The molecule has 0 N–H and O–H groups in total. The van der Waals surface area contributed by atoms with Crippen molar-refractivity contribution in [1.29, 1.82) is 5.26 Å². The zero-order chi connectivity index (χ0) is 19.8. The van der Waals surface area contributed by atoms with Crippen molar-refractivity contribution in [2.45, 2.75) is 23.0 Å². The molecule has 1 fully saturated rings. The summed E-state index contributed by atoms with van der Waals surface area (Å²) in [5.41, 5.74) is -1.26. The Morgan fingerprint density at radius 1 is 1.11 bits per heavy atom. The molecule has 2 aromatic rings. The van der Waals surface area contributed by atoms with Crippen LogP contribution in [0, 0.1) is 16.7 Å². The normalized spacial score (nSPS) is 24.1.